The summed E-state index contributed by atoms with van der Waals surface area (Å²) in [6.45, 7) is 3.99. The molecule has 0 aliphatic rings. The highest BCUT2D eigenvalue weighted by Crippen LogP contribution is 2.15. The topological polar surface area (TPSA) is 44.5 Å². The van der Waals surface area contributed by atoms with Gasteiger partial charge in [0.1, 0.15) is 18.2 Å². The minimum absolute atomic E-state index is 0.248. The van der Waals surface area contributed by atoms with Crippen molar-refractivity contribution in [3.63, 3.8) is 0 Å². The molecule has 0 bridgehead atoms. The lowest BCUT2D eigenvalue weighted by Gasteiger charge is -2.07. The first-order valence-corrected chi connectivity index (χ1v) is 6.46. The van der Waals surface area contributed by atoms with Crippen molar-refractivity contribution in [1.82, 2.24) is 0 Å². The molecule has 0 aliphatic heterocycles. The molecule has 0 unspecified atom stereocenters. The van der Waals surface area contributed by atoms with Crippen LogP contribution in [0.15, 0.2) is 18.2 Å². The second-order valence-corrected chi connectivity index (χ2v) is 4.00. The average molecular weight is 265 g/mol. The molecule has 2 N–H and O–H groups in total. The zero-order chi connectivity index (χ0) is 13.9. The fraction of sp³-hybridized carbons (Fsp3) is 0.467. The van der Waals surface area contributed by atoms with Crippen molar-refractivity contribution in [3.05, 3.63) is 29.6 Å². The van der Waals surface area contributed by atoms with Gasteiger partial charge in [0.2, 0.25) is 0 Å². The van der Waals surface area contributed by atoms with E-state index in [9.17, 15) is 4.39 Å². The van der Waals surface area contributed by atoms with Crippen LogP contribution in [0, 0.1) is 17.7 Å². The van der Waals surface area contributed by atoms with E-state index < -0.39 is 0 Å². The Morgan fingerprint density at radius 3 is 2.79 bits per heavy atom. The van der Waals surface area contributed by atoms with E-state index in [1.54, 1.807) is 6.07 Å². The minimum Gasteiger partial charge on any atom is -0.491 e. The van der Waals surface area contributed by atoms with Crippen molar-refractivity contribution in [2.75, 3.05) is 26.4 Å². The lowest BCUT2D eigenvalue weighted by molar-refractivity contribution is 0.0979. The number of hydrogen-bond donors (Lipinski definition) is 1. The van der Waals surface area contributed by atoms with Crippen LogP contribution in [0.1, 0.15) is 25.3 Å². The molecule has 104 valence electrons. The fourth-order valence-electron chi connectivity index (χ4n) is 1.44. The number of ether oxygens (including phenoxy) is 2. The molecule has 1 aromatic rings. The van der Waals surface area contributed by atoms with Gasteiger partial charge in [-0.1, -0.05) is 25.2 Å². The summed E-state index contributed by atoms with van der Waals surface area (Å²) in [5.74, 6) is 5.55. The van der Waals surface area contributed by atoms with Crippen molar-refractivity contribution >= 4 is 0 Å². The SMILES string of the molecule is CCCCOCCOc1cc(F)cc(C#CCN)c1. The summed E-state index contributed by atoms with van der Waals surface area (Å²) in [4.78, 5) is 0. The van der Waals surface area contributed by atoms with Gasteiger partial charge in [-0.3, -0.25) is 0 Å². The zero-order valence-corrected chi connectivity index (χ0v) is 11.2. The Morgan fingerprint density at radius 2 is 2.05 bits per heavy atom. The molecule has 1 rings (SSSR count). The van der Waals surface area contributed by atoms with Crippen LogP contribution in [-0.2, 0) is 4.74 Å². The van der Waals surface area contributed by atoms with E-state index in [1.165, 1.54) is 12.1 Å². The van der Waals surface area contributed by atoms with Crippen LogP contribution < -0.4 is 10.5 Å². The van der Waals surface area contributed by atoms with Gasteiger partial charge in [0.15, 0.2) is 0 Å². The van der Waals surface area contributed by atoms with Gasteiger partial charge in [-0.2, -0.15) is 0 Å². The van der Waals surface area contributed by atoms with Crippen molar-refractivity contribution in [1.29, 1.82) is 0 Å². The molecule has 0 radical (unpaired) electrons. The van der Waals surface area contributed by atoms with Crippen LogP contribution in [0.2, 0.25) is 0 Å². The van der Waals surface area contributed by atoms with Crippen molar-refractivity contribution < 1.29 is 13.9 Å². The summed E-state index contributed by atoms with van der Waals surface area (Å²) >= 11 is 0. The Kier molecular flexibility index (Phi) is 7.64. The molecule has 1 aromatic carbocycles. The molecule has 0 atom stereocenters. The number of rotatable bonds is 7. The highest BCUT2D eigenvalue weighted by molar-refractivity contribution is 5.40. The third kappa shape index (κ3) is 6.80. The maximum atomic E-state index is 13.3. The highest BCUT2D eigenvalue weighted by atomic mass is 19.1. The van der Waals surface area contributed by atoms with Gasteiger partial charge in [0.05, 0.1) is 13.2 Å². The van der Waals surface area contributed by atoms with Crippen molar-refractivity contribution in [2.45, 2.75) is 19.8 Å². The third-order valence-electron chi connectivity index (χ3n) is 2.34. The first-order valence-electron chi connectivity index (χ1n) is 6.46. The zero-order valence-electron chi connectivity index (χ0n) is 11.2. The van der Waals surface area contributed by atoms with E-state index in [-0.39, 0.29) is 12.4 Å². The monoisotopic (exact) mass is 265 g/mol. The predicted octanol–water partition coefficient (Wildman–Crippen LogP) is 2.33. The smallest absolute Gasteiger partial charge is 0.128 e. The van der Waals surface area contributed by atoms with Gasteiger partial charge in [-0.15, -0.1) is 0 Å². The number of hydrogen-bond acceptors (Lipinski definition) is 3. The molecule has 4 heteroatoms. The van der Waals surface area contributed by atoms with E-state index >= 15 is 0 Å². The Bertz CT molecular complexity index is 438. The summed E-state index contributed by atoms with van der Waals surface area (Å²) < 4.78 is 24.1. The largest absolute Gasteiger partial charge is 0.491 e. The van der Waals surface area contributed by atoms with Crippen LogP contribution in [0.25, 0.3) is 0 Å². The van der Waals surface area contributed by atoms with Crippen LogP contribution in [0.4, 0.5) is 4.39 Å². The summed E-state index contributed by atoms with van der Waals surface area (Å²) in [6.07, 6.45) is 2.15. The van der Waals surface area contributed by atoms with Gasteiger partial charge in [-0.05, 0) is 18.6 Å². The van der Waals surface area contributed by atoms with Gasteiger partial charge < -0.3 is 15.2 Å². The number of unbranched alkanes of at least 4 members (excludes halogenated alkanes) is 1. The molecule has 3 nitrogen and oxygen atoms in total. The molecular weight excluding hydrogens is 245 g/mol. The van der Waals surface area contributed by atoms with Crippen LogP contribution in [0.3, 0.4) is 0 Å². The lowest BCUT2D eigenvalue weighted by Crippen LogP contribution is -2.07. The summed E-state index contributed by atoms with van der Waals surface area (Å²) in [6, 6.07) is 4.38. The first-order chi connectivity index (χ1) is 9.26. The molecule has 19 heavy (non-hydrogen) atoms. The van der Waals surface area contributed by atoms with Gasteiger partial charge in [0, 0.05) is 18.2 Å². The molecule has 0 heterocycles. The second kappa shape index (κ2) is 9.37. The summed E-state index contributed by atoms with van der Waals surface area (Å²) in [5.41, 5.74) is 5.84. The molecule has 0 saturated heterocycles. The lowest BCUT2D eigenvalue weighted by atomic mass is 10.2. The van der Waals surface area contributed by atoms with Crippen LogP contribution in [-0.4, -0.2) is 26.4 Å². The Hall–Kier alpha value is -1.57. The maximum absolute atomic E-state index is 13.3. The summed E-state index contributed by atoms with van der Waals surface area (Å²) in [7, 11) is 0. The van der Waals surface area contributed by atoms with E-state index in [1.807, 2.05) is 0 Å². The second-order valence-electron chi connectivity index (χ2n) is 4.00. The fourth-order valence-corrected chi connectivity index (χ4v) is 1.44. The number of benzene rings is 1. The standard InChI is InChI=1S/C15H20FNO2/c1-2-3-7-18-8-9-19-15-11-13(5-4-6-17)10-14(16)12-15/h10-12H,2-3,6-9,17H2,1H3. The Labute approximate surface area is 113 Å². The molecular formula is C15H20FNO2. The first kappa shape index (κ1) is 15.5. The van der Waals surface area contributed by atoms with E-state index in [4.69, 9.17) is 15.2 Å². The third-order valence-corrected chi connectivity index (χ3v) is 2.34. The van der Waals surface area contributed by atoms with E-state index in [0.717, 1.165) is 19.4 Å². The number of nitrogens with two attached hydrogens (primary N) is 1. The van der Waals surface area contributed by atoms with E-state index in [0.29, 0.717) is 24.5 Å². The Balaban J connectivity index is 2.42. The van der Waals surface area contributed by atoms with Gasteiger partial charge in [-0.25, -0.2) is 4.39 Å². The molecule has 0 aromatic heterocycles. The predicted molar refractivity (Wildman–Crippen MR) is 73.6 cm³/mol. The molecule has 0 amide bonds. The van der Waals surface area contributed by atoms with Gasteiger partial charge >= 0.3 is 0 Å². The normalized spacial score (nSPS) is 9.84. The molecule has 0 aliphatic carbocycles. The Morgan fingerprint density at radius 1 is 1.21 bits per heavy atom. The maximum Gasteiger partial charge on any atom is 0.128 e. The summed E-state index contributed by atoms with van der Waals surface area (Å²) in [5, 5.41) is 0. The van der Waals surface area contributed by atoms with Crippen LogP contribution >= 0.6 is 0 Å². The van der Waals surface area contributed by atoms with Crippen molar-refractivity contribution in [3.8, 4) is 17.6 Å². The molecule has 0 fully saturated rings. The number of halogens is 1. The highest BCUT2D eigenvalue weighted by Gasteiger charge is 2.00. The quantitative estimate of drug-likeness (QED) is 0.608. The average Bonchev–Trinajstić information content (AvgIpc) is 2.40. The minimum atomic E-state index is -0.370. The van der Waals surface area contributed by atoms with E-state index in [2.05, 4.69) is 18.8 Å². The molecule has 0 spiro atoms. The van der Waals surface area contributed by atoms with Crippen LogP contribution in [0.5, 0.6) is 5.75 Å². The van der Waals surface area contributed by atoms with Crippen molar-refractivity contribution in [2.24, 2.45) is 5.73 Å². The molecule has 0 saturated carbocycles. The van der Waals surface area contributed by atoms with Gasteiger partial charge in [0.25, 0.3) is 0 Å².